The Morgan fingerprint density at radius 1 is 1.35 bits per heavy atom. The number of hydrogen-bond donors (Lipinski definition) is 2. The van der Waals surface area contributed by atoms with Gasteiger partial charge in [-0.25, -0.2) is 0 Å². The van der Waals surface area contributed by atoms with E-state index in [-0.39, 0.29) is 6.61 Å². The van der Waals surface area contributed by atoms with Crippen LogP contribution in [0.15, 0.2) is 36.7 Å². The van der Waals surface area contributed by atoms with Crippen molar-refractivity contribution in [2.24, 2.45) is 0 Å². The summed E-state index contributed by atoms with van der Waals surface area (Å²) in [5.74, 6) is 0. The topological polar surface area (TPSA) is 50.1 Å². The van der Waals surface area contributed by atoms with E-state index in [1.54, 1.807) is 4.68 Å². The fourth-order valence-corrected chi connectivity index (χ4v) is 2.26. The molecule has 0 amide bonds. The highest BCUT2D eigenvalue weighted by Crippen LogP contribution is 2.10. The molecule has 0 spiro atoms. The number of hydrogen-bond acceptors (Lipinski definition) is 3. The van der Waals surface area contributed by atoms with Gasteiger partial charge in [0.2, 0.25) is 0 Å². The van der Waals surface area contributed by atoms with Gasteiger partial charge in [-0.05, 0) is 31.4 Å². The molecule has 1 heterocycles. The summed E-state index contributed by atoms with van der Waals surface area (Å²) in [6.07, 6.45) is 4.85. The van der Waals surface area contributed by atoms with Crippen LogP contribution in [-0.4, -0.2) is 27.5 Å². The van der Waals surface area contributed by atoms with Crippen LogP contribution in [0.4, 0.5) is 0 Å². The van der Waals surface area contributed by atoms with E-state index in [9.17, 15) is 0 Å². The number of nitrogens with zero attached hydrogens (tertiary/aromatic N) is 2. The van der Waals surface area contributed by atoms with Crippen molar-refractivity contribution in [2.75, 3.05) is 6.61 Å². The smallest absolute Gasteiger partial charge is 0.0640 e. The van der Waals surface area contributed by atoms with Crippen molar-refractivity contribution >= 4 is 0 Å². The summed E-state index contributed by atoms with van der Waals surface area (Å²) in [5.41, 5.74) is 3.88. The van der Waals surface area contributed by atoms with E-state index in [4.69, 9.17) is 5.11 Å². The third-order valence-electron chi connectivity index (χ3n) is 3.46. The number of benzene rings is 1. The zero-order valence-electron chi connectivity index (χ0n) is 12.2. The zero-order chi connectivity index (χ0) is 14.4. The molecule has 4 nitrogen and oxygen atoms in total. The van der Waals surface area contributed by atoms with Gasteiger partial charge in [0.05, 0.1) is 19.3 Å². The molecule has 0 saturated heterocycles. The van der Waals surface area contributed by atoms with Crippen LogP contribution in [-0.2, 0) is 19.5 Å². The van der Waals surface area contributed by atoms with Crippen molar-refractivity contribution in [3.05, 3.63) is 53.3 Å². The highest BCUT2D eigenvalue weighted by Gasteiger charge is 2.06. The third-order valence-corrected chi connectivity index (χ3v) is 3.46. The molecule has 0 aliphatic heterocycles. The molecule has 1 atom stereocenters. The summed E-state index contributed by atoms with van der Waals surface area (Å²) >= 11 is 0. The lowest BCUT2D eigenvalue weighted by Gasteiger charge is -2.14. The van der Waals surface area contributed by atoms with Crippen LogP contribution in [0.1, 0.15) is 23.6 Å². The lowest BCUT2D eigenvalue weighted by Crippen LogP contribution is -2.27. The van der Waals surface area contributed by atoms with Gasteiger partial charge in [-0.15, -0.1) is 0 Å². The first kappa shape index (κ1) is 14.8. The predicted octanol–water partition coefficient (Wildman–Crippen LogP) is 1.90. The molecule has 108 valence electrons. The van der Waals surface area contributed by atoms with Gasteiger partial charge in [0.25, 0.3) is 0 Å². The van der Waals surface area contributed by atoms with E-state index in [1.165, 1.54) is 11.1 Å². The molecule has 0 bridgehead atoms. The molecule has 0 aliphatic rings. The first-order chi connectivity index (χ1) is 9.69. The number of aryl methyl sites for hydroxylation is 1. The van der Waals surface area contributed by atoms with Gasteiger partial charge in [-0.1, -0.05) is 24.3 Å². The average Bonchev–Trinajstić information content (AvgIpc) is 2.87. The first-order valence-electron chi connectivity index (χ1n) is 7.09. The van der Waals surface area contributed by atoms with Gasteiger partial charge < -0.3 is 10.4 Å². The number of nitrogens with one attached hydrogen (secondary N) is 1. The van der Waals surface area contributed by atoms with Crippen LogP contribution in [0.3, 0.4) is 0 Å². The van der Waals surface area contributed by atoms with Crippen molar-refractivity contribution in [2.45, 2.75) is 39.4 Å². The van der Waals surface area contributed by atoms with Crippen molar-refractivity contribution < 1.29 is 5.11 Å². The van der Waals surface area contributed by atoms with E-state index in [0.29, 0.717) is 12.6 Å². The number of aromatic nitrogens is 2. The first-order valence-corrected chi connectivity index (χ1v) is 7.09. The molecule has 1 aromatic heterocycles. The van der Waals surface area contributed by atoms with E-state index < -0.39 is 0 Å². The Labute approximate surface area is 120 Å². The van der Waals surface area contributed by atoms with Crippen LogP contribution in [0.25, 0.3) is 0 Å². The highest BCUT2D eigenvalue weighted by atomic mass is 16.3. The lowest BCUT2D eigenvalue weighted by atomic mass is 10.0. The molecule has 2 N–H and O–H groups in total. The fourth-order valence-electron chi connectivity index (χ4n) is 2.26. The number of aliphatic hydroxyl groups excluding tert-OH is 1. The van der Waals surface area contributed by atoms with Crippen LogP contribution in [0, 0.1) is 6.92 Å². The molecule has 2 rings (SSSR count). The second-order valence-corrected chi connectivity index (χ2v) is 5.25. The Balaban J connectivity index is 1.82. The van der Waals surface area contributed by atoms with E-state index in [2.05, 4.69) is 48.5 Å². The van der Waals surface area contributed by atoms with Crippen molar-refractivity contribution in [1.29, 1.82) is 0 Å². The second kappa shape index (κ2) is 7.22. The number of rotatable bonds is 7. The molecular weight excluding hydrogens is 250 g/mol. The Kier molecular flexibility index (Phi) is 5.32. The standard InChI is InChI=1S/C16H23N3O/c1-13-5-3-4-6-16(13)9-14(2)17-10-15-11-18-19(12-15)7-8-20/h3-6,11-12,14,17,20H,7-10H2,1-2H3. The number of aliphatic hydroxyl groups is 1. The largest absolute Gasteiger partial charge is 0.394 e. The molecule has 0 aliphatic carbocycles. The SMILES string of the molecule is Cc1ccccc1CC(C)NCc1cnn(CCO)c1. The fraction of sp³-hybridized carbons (Fsp3) is 0.438. The van der Waals surface area contributed by atoms with Crippen molar-refractivity contribution in [3.63, 3.8) is 0 Å². The van der Waals surface area contributed by atoms with Gasteiger partial charge in [0.1, 0.15) is 0 Å². The summed E-state index contributed by atoms with van der Waals surface area (Å²) in [4.78, 5) is 0. The predicted molar refractivity (Wildman–Crippen MR) is 80.5 cm³/mol. The lowest BCUT2D eigenvalue weighted by molar-refractivity contribution is 0.269. The van der Waals surface area contributed by atoms with Crippen LogP contribution in [0.5, 0.6) is 0 Å². The van der Waals surface area contributed by atoms with Gasteiger partial charge in [-0.3, -0.25) is 4.68 Å². The molecule has 0 saturated carbocycles. The summed E-state index contributed by atoms with van der Waals surface area (Å²) in [6.45, 7) is 5.83. The molecule has 1 unspecified atom stereocenters. The normalized spacial score (nSPS) is 12.6. The molecule has 4 heteroatoms. The van der Waals surface area contributed by atoms with E-state index in [1.807, 2.05) is 12.4 Å². The minimum absolute atomic E-state index is 0.123. The van der Waals surface area contributed by atoms with Gasteiger partial charge in [0, 0.05) is 24.3 Å². The van der Waals surface area contributed by atoms with Crippen LogP contribution in [0.2, 0.25) is 0 Å². The Morgan fingerprint density at radius 2 is 2.15 bits per heavy atom. The third kappa shape index (κ3) is 4.18. The van der Waals surface area contributed by atoms with Gasteiger partial charge >= 0.3 is 0 Å². The monoisotopic (exact) mass is 273 g/mol. The Hall–Kier alpha value is -1.65. The molecular formula is C16H23N3O. The maximum absolute atomic E-state index is 8.86. The zero-order valence-corrected chi connectivity index (χ0v) is 12.2. The summed E-state index contributed by atoms with van der Waals surface area (Å²) in [5, 5.41) is 16.6. The molecule has 0 fully saturated rings. The van der Waals surface area contributed by atoms with Crippen molar-refractivity contribution in [1.82, 2.24) is 15.1 Å². The molecule has 0 radical (unpaired) electrons. The van der Waals surface area contributed by atoms with Crippen molar-refractivity contribution in [3.8, 4) is 0 Å². The molecule has 2 aromatic rings. The molecule has 20 heavy (non-hydrogen) atoms. The highest BCUT2D eigenvalue weighted by molar-refractivity contribution is 5.26. The van der Waals surface area contributed by atoms with E-state index in [0.717, 1.165) is 18.5 Å². The minimum atomic E-state index is 0.123. The summed E-state index contributed by atoms with van der Waals surface area (Å²) in [7, 11) is 0. The quantitative estimate of drug-likeness (QED) is 0.810. The maximum atomic E-state index is 8.86. The summed E-state index contributed by atoms with van der Waals surface area (Å²) in [6, 6.07) is 8.92. The average molecular weight is 273 g/mol. The van der Waals surface area contributed by atoms with Gasteiger partial charge in [-0.2, -0.15) is 5.10 Å². The van der Waals surface area contributed by atoms with Crippen LogP contribution < -0.4 is 5.32 Å². The van der Waals surface area contributed by atoms with Crippen LogP contribution >= 0.6 is 0 Å². The Bertz CT molecular complexity index is 536. The second-order valence-electron chi connectivity index (χ2n) is 5.25. The minimum Gasteiger partial charge on any atom is -0.394 e. The molecule has 1 aromatic carbocycles. The summed E-state index contributed by atoms with van der Waals surface area (Å²) < 4.78 is 1.77. The maximum Gasteiger partial charge on any atom is 0.0640 e. The Morgan fingerprint density at radius 3 is 2.90 bits per heavy atom. The van der Waals surface area contributed by atoms with Gasteiger partial charge in [0.15, 0.2) is 0 Å². The van der Waals surface area contributed by atoms with E-state index >= 15 is 0 Å².